The van der Waals surface area contributed by atoms with Crippen LogP contribution in [0.3, 0.4) is 0 Å². The van der Waals surface area contributed by atoms with Gasteiger partial charge in [0.25, 0.3) is 5.91 Å². The number of anilines is 2. The van der Waals surface area contributed by atoms with E-state index in [1.807, 2.05) is 23.1 Å². The molecule has 1 saturated carbocycles. The molecule has 1 N–H and O–H groups in total. The van der Waals surface area contributed by atoms with E-state index in [1.165, 1.54) is 12.8 Å². The van der Waals surface area contributed by atoms with E-state index >= 15 is 0 Å². The highest BCUT2D eigenvalue weighted by Crippen LogP contribution is 2.36. The summed E-state index contributed by atoms with van der Waals surface area (Å²) in [6.07, 6.45) is 4.34. The topological polar surface area (TPSA) is 50.8 Å². The minimum absolute atomic E-state index is 0.0310. The molecular formula is C16H22N2O3. The fraction of sp³-hybridized carbons (Fsp3) is 0.562. The maximum absolute atomic E-state index is 12.1. The largest absolute Gasteiger partial charge is 0.482 e. The van der Waals surface area contributed by atoms with Gasteiger partial charge in [0.05, 0.1) is 5.69 Å². The van der Waals surface area contributed by atoms with E-state index in [-0.39, 0.29) is 12.5 Å². The average Bonchev–Trinajstić information content (AvgIpc) is 3.29. The molecule has 3 rings (SSSR count). The van der Waals surface area contributed by atoms with Crippen LogP contribution in [0, 0.1) is 0 Å². The van der Waals surface area contributed by atoms with Crippen LogP contribution >= 0.6 is 0 Å². The minimum Gasteiger partial charge on any atom is -0.482 e. The summed E-state index contributed by atoms with van der Waals surface area (Å²) in [4.78, 5) is 14.0. The normalized spacial score (nSPS) is 17.4. The van der Waals surface area contributed by atoms with Crippen molar-refractivity contribution in [3.05, 3.63) is 18.2 Å². The number of ether oxygens (including phenoxy) is 2. The maximum atomic E-state index is 12.1. The molecule has 0 atom stereocenters. The number of carbonyl (C=O) groups excluding carboxylic acids is 1. The number of carbonyl (C=O) groups is 1. The Morgan fingerprint density at radius 1 is 1.38 bits per heavy atom. The molecule has 114 valence electrons. The first-order valence-electron chi connectivity index (χ1n) is 7.60. The van der Waals surface area contributed by atoms with Gasteiger partial charge in [0.2, 0.25) is 0 Å². The Morgan fingerprint density at radius 2 is 2.24 bits per heavy atom. The molecule has 21 heavy (non-hydrogen) atoms. The quantitative estimate of drug-likeness (QED) is 0.784. The minimum atomic E-state index is 0.0310. The number of methoxy groups -OCH3 is 1. The Balaban J connectivity index is 1.72. The Kier molecular flexibility index (Phi) is 4.29. The summed E-state index contributed by atoms with van der Waals surface area (Å²) in [5, 5.41) is 3.46. The highest BCUT2D eigenvalue weighted by atomic mass is 16.5. The number of hydrogen-bond acceptors (Lipinski definition) is 4. The molecule has 0 aromatic heterocycles. The highest BCUT2D eigenvalue weighted by molar-refractivity contribution is 5.98. The van der Waals surface area contributed by atoms with Crippen LogP contribution in [0.2, 0.25) is 0 Å². The van der Waals surface area contributed by atoms with E-state index in [2.05, 4.69) is 5.32 Å². The molecule has 1 aromatic carbocycles. The van der Waals surface area contributed by atoms with Gasteiger partial charge in [-0.25, -0.2) is 0 Å². The van der Waals surface area contributed by atoms with Crippen molar-refractivity contribution in [1.29, 1.82) is 0 Å². The van der Waals surface area contributed by atoms with Gasteiger partial charge in [0, 0.05) is 32.0 Å². The number of rotatable bonds is 7. The first kappa shape index (κ1) is 14.2. The van der Waals surface area contributed by atoms with Gasteiger partial charge in [-0.1, -0.05) is 0 Å². The highest BCUT2D eigenvalue weighted by Gasteiger charge is 2.26. The van der Waals surface area contributed by atoms with Gasteiger partial charge in [-0.05, 0) is 43.9 Å². The summed E-state index contributed by atoms with van der Waals surface area (Å²) >= 11 is 0. The van der Waals surface area contributed by atoms with Crippen molar-refractivity contribution in [2.75, 3.05) is 37.1 Å². The Morgan fingerprint density at radius 3 is 3.00 bits per heavy atom. The number of nitrogens with zero attached hydrogens (tertiary/aromatic N) is 1. The zero-order valence-electron chi connectivity index (χ0n) is 12.4. The van der Waals surface area contributed by atoms with Gasteiger partial charge in [0.15, 0.2) is 6.61 Å². The monoisotopic (exact) mass is 290 g/mol. The van der Waals surface area contributed by atoms with Crippen molar-refractivity contribution in [1.82, 2.24) is 0 Å². The first-order valence-corrected chi connectivity index (χ1v) is 7.60. The van der Waals surface area contributed by atoms with Crippen molar-refractivity contribution >= 4 is 17.3 Å². The van der Waals surface area contributed by atoms with Crippen LogP contribution in [0.4, 0.5) is 11.4 Å². The van der Waals surface area contributed by atoms with Crippen LogP contribution < -0.4 is 15.0 Å². The zero-order chi connectivity index (χ0) is 14.7. The van der Waals surface area contributed by atoms with Gasteiger partial charge in [-0.3, -0.25) is 4.79 Å². The Hall–Kier alpha value is -1.75. The van der Waals surface area contributed by atoms with Crippen LogP contribution in [-0.4, -0.2) is 38.8 Å². The standard InChI is InChI=1S/C16H22N2O3/c1-20-9-3-2-8-18-14-10-13(17-12-4-5-12)6-7-15(14)21-11-16(18)19/h6-7,10,12,17H,2-5,8-9,11H2,1H3. The molecule has 1 heterocycles. The fourth-order valence-corrected chi connectivity index (χ4v) is 2.52. The lowest BCUT2D eigenvalue weighted by Gasteiger charge is -2.30. The van der Waals surface area contributed by atoms with Gasteiger partial charge in [0.1, 0.15) is 5.75 Å². The van der Waals surface area contributed by atoms with Gasteiger partial charge >= 0.3 is 0 Å². The second kappa shape index (κ2) is 6.35. The number of nitrogens with one attached hydrogen (secondary N) is 1. The van der Waals surface area contributed by atoms with Crippen molar-refractivity contribution < 1.29 is 14.3 Å². The van der Waals surface area contributed by atoms with Gasteiger partial charge < -0.3 is 19.7 Å². The first-order chi connectivity index (χ1) is 10.3. The maximum Gasteiger partial charge on any atom is 0.265 e. The summed E-state index contributed by atoms with van der Waals surface area (Å²) in [6, 6.07) is 6.60. The Labute approximate surface area is 125 Å². The van der Waals surface area contributed by atoms with E-state index < -0.39 is 0 Å². The summed E-state index contributed by atoms with van der Waals surface area (Å²) in [6.45, 7) is 1.58. The predicted octanol–water partition coefficient (Wildman–Crippen LogP) is 2.41. The van der Waals surface area contributed by atoms with Crippen molar-refractivity contribution in [3.8, 4) is 5.75 Å². The van der Waals surface area contributed by atoms with Gasteiger partial charge in [-0.2, -0.15) is 0 Å². The molecule has 1 aliphatic heterocycles. The van der Waals surface area contributed by atoms with Crippen LogP contribution in [0.25, 0.3) is 0 Å². The third-order valence-corrected chi connectivity index (χ3v) is 3.83. The van der Waals surface area contributed by atoms with E-state index in [9.17, 15) is 4.79 Å². The van der Waals surface area contributed by atoms with E-state index in [0.717, 1.165) is 36.6 Å². The van der Waals surface area contributed by atoms with Gasteiger partial charge in [-0.15, -0.1) is 0 Å². The van der Waals surface area contributed by atoms with Crippen LogP contribution in [0.15, 0.2) is 18.2 Å². The predicted molar refractivity (Wildman–Crippen MR) is 82.0 cm³/mol. The molecule has 0 saturated heterocycles. The summed E-state index contributed by atoms with van der Waals surface area (Å²) in [5.41, 5.74) is 1.95. The molecule has 2 aliphatic rings. The molecule has 0 unspecified atom stereocenters. The molecule has 0 bridgehead atoms. The fourth-order valence-electron chi connectivity index (χ4n) is 2.52. The Bertz CT molecular complexity index is 514. The summed E-state index contributed by atoms with van der Waals surface area (Å²) in [7, 11) is 1.70. The molecule has 5 heteroatoms. The smallest absolute Gasteiger partial charge is 0.265 e. The molecule has 1 aliphatic carbocycles. The molecule has 1 amide bonds. The number of unbranched alkanes of at least 4 members (excludes halogenated alkanes) is 1. The molecule has 1 aromatic rings. The van der Waals surface area contributed by atoms with E-state index in [0.29, 0.717) is 12.6 Å². The number of amides is 1. The summed E-state index contributed by atoms with van der Waals surface area (Å²) < 4.78 is 10.6. The lowest BCUT2D eigenvalue weighted by Crippen LogP contribution is -2.39. The SMILES string of the molecule is COCCCCN1C(=O)COc2ccc(NC3CC3)cc21. The third-order valence-electron chi connectivity index (χ3n) is 3.83. The van der Waals surface area contributed by atoms with E-state index in [4.69, 9.17) is 9.47 Å². The number of fused-ring (bicyclic) bond motifs is 1. The number of benzene rings is 1. The molecule has 0 radical (unpaired) electrons. The third kappa shape index (κ3) is 3.47. The molecule has 0 spiro atoms. The average molecular weight is 290 g/mol. The van der Waals surface area contributed by atoms with E-state index in [1.54, 1.807) is 7.11 Å². The molecule has 5 nitrogen and oxygen atoms in total. The lowest BCUT2D eigenvalue weighted by molar-refractivity contribution is -0.121. The lowest BCUT2D eigenvalue weighted by atomic mass is 10.2. The summed E-state index contributed by atoms with van der Waals surface area (Å²) in [5.74, 6) is 0.825. The second-order valence-corrected chi connectivity index (χ2v) is 5.64. The van der Waals surface area contributed by atoms with Crippen LogP contribution in [-0.2, 0) is 9.53 Å². The molecule has 1 fully saturated rings. The van der Waals surface area contributed by atoms with Crippen molar-refractivity contribution in [3.63, 3.8) is 0 Å². The van der Waals surface area contributed by atoms with Crippen LogP contribution in [0.1, 0.15) is 25.7 Å². The van der Waals surface area contributed by atoms with Crippen molar-refractivity contribution in [2.24, 2.45) is 0 Å². The zero-order valence-corrected chi connectivity index (χ0v) is 12.4. The van der Waals surface area contributed by atoms with Crippen molar-refractivity contribution in [2.45, 2.75) is 31.7 Å². The molecular weight excluding hydrogens is 268 g/mol. The van der Waals surface area contributed by atoms with Crippen LogP contribution in [0.5, 0.6) is 5.75 Å². The number of hydrogen-bond donors (Lipinski definition) is 1. The second-order valence-electron chi connectivity index (χ2n) is 5.64.